The second-order valence-electron chi connectivity index (χ2n) is 6.22. The number of sulfonamides is 1. The minimum Gasteiger partial charge on any atom is -0.322 e. The molecule has 2 amide bonds. The lowest BCUT2D eigenvalue weighted by atomic mass is 10.2. The van der Waals surface area contributed by atoms with Crippen molar-refractivity contribution in [3.05, 3.63) is 29.8 Å². The van der Waals surface area contributed by atoms with Gasteiger partial charge in [0, 0.05) is 52.4 Å². The molecule has 0 aromatic heterocycles. The van der Waals surface area contributed by atoms with Gasteiger partial charge in [0.1, 0.15) is 0 Å². The minimum absolute atomic E-state index is 0.0175. The fourth-order valence-corrected chi connectivity index (χ4v) is 4.46. The van der Waals surface area contributed by atoms with E-state index in [1.165, 1.54) is 4.31 Å². The molecule has 2 aliphatic heterocycles. The molecule has 0 radical (unpaired) electrons. The summed E-state index contributed by atoms with van der Waals surface area (Å²) in [6, 6.07) is 6.91. The number of rotatable bonds is 2. The van der Waals surface area contributed by atoms with Crippen LogP contribution in [0.5, 0.6) is 0 Å². The highest BCUT2D eigenvalue weighted by molar-refractivity contribution is 7.89. The van der Waals surface area contributed by atoms with E-state index >= 15 is 0 Å². The Labute approximate surface area is 143 Å². The number of hydrogen-bond acceptors (Lipinski definition) is 4. The predicted molar refractivity (Wildman–Crippen MR) is 91.3 cm³/mol. The number of carbonyl (C=O) groups excluding carboxylic acids is 1. The number of aryl methyl sites for hydroxylation is 1. The van der Waals surface area contributed by atoms with Crippen molar-refractivity contribution in [1.82, 2.24) is 19.4 Å². The van der Waals surface area contributed by atoms with Crippen molar-refractivity contribution in [3.8, 4) is 0 Å². The third-order valence-corrected chi connectivity index (χ3v) is 6.47. The molecule has 1 aromatic rings. The first kappa shape index (κ1) is 17.2. The van der Waals surface area contributed by atoms with Crippen LogP contribution in [-0.4, -0.2) is 80.9 Å². The van der Waals surface area contributed by atoms with Crippen molar-refractivity contribution in [3.63, 3.8) is 0 Å². The Morgan fingerprint density at radius 2 is 1.46 bits per heavy atom. The Kier molecular flexibility index (Phi) is 5.07. The second-order valence-corrected chi connectivity index (χ2v) is 8.16. The number of hydrogen-bond donors (Lipinski definition) is 1. The van der Waals surface area contributed by atoms with Crippen molar-refractivity contribution in [2.45, 2.75) is 11.8 Å². The van der Waals surface area contributed by atoms with Crippen molar-refractivity contribution >= 4 is 16.1 Å². The van der Waals surface area contributed by atoms with Gasteiger partial charge in [0.15, 0.2) is 0 Å². The first-order chi connectivity index (χ1) is 11.5. The summed E-state index contributed by atoms with van der Waals surface area (Å²) >= 11 is 0. The molecule has 0 atom stereocenters. The molecule has 24 heavy (non-hydrogen) atoms. The molecule has 2 aliphatic rings. The lowest BCUT2D eigenvalue weighted by Crippen LogP contribution is -2.56. The minimum atomic E-state index is -3.48. The summed E-state index contributed by atoms with van der Waals surface area (Å²) in [7, 11) is -3.48. The van der Waals surface area contributed by atoms with Crippen LogP contribution in [0.1, 0.15) is 5.56 Å². The fourth-order valence-electron chi connectivity index (χ4n) is 3.04. The molecule has 1 aromatic carbocycles. The highest BCUT2D eigenvalue weighted by Crippen LogP contribution is 2.18. The average Bonchev–Trinajstić information content (AvgIpc) is 2.62. The van der Waals surface area contributed by atoms with Gasteiger partial charge in [-0.25, -0.2) is 13.2 Å². The number of urea groups is 1. The van der Waals surface area contributed by atoms with Crippen molar-refractivity contribution in [2.24, 2.45) is 0 Å². The normalized spacial score (nSPS) is 20.2. The van der Waals surface area contributed by atoms with Crippen LogP contribution in [0.25, 0.3) is 0 Å². The van der Waals surface area contributed by atoms with Crippen LogP contribution in [-0.2, 0) is 10.0 Å². The number of benzene rings is 1. The third kappa shape index (κ3) is 3.55. The first-order valence-electron chi connectivity index (χ1n) is 8.30. The maximum atomic E-state index is 12.7. The smallest absolute Gasteiger partial charge is 0.320 e. The summed E-state index contributed by atoms with van der Waals surface area (Å²) < 4.78 is 26.8. The van der Waals surface area contributed by atoms with Gasteiger partial charge in [-0.2, -0.15) is 4.31 Å². The van der Waals surface area contributed by atoms with Gasteiger partial charge in [-0.15, -0.1) is 0 Å². The quantitative estimate of drug-likeness (QED) is 0.832. The van der Waals surface area contributed by atoms with E-state index in [-0.39, 0.29) is 6.03 Å². The van der Waals surface area contributed by atoms with Crippen molar-refractivity contribution in [1.29, 1.82) is 0 Å². The molecule has 7 nitrogen and oxygen atoms in total. The standard InChI is InChI=1S/C16H24N4O3S/c1-14-2-4-15(5-3-14)24(22,23)20-12-10-19(11-13-20)16(21)18-8-6-17-7-9-18/h2-5,17H,6-13H2,1H3. The van der Waals surface area contributed by atoms with Gasteiger partial charge in [-0.1, -0.05) is 17.7 Å². The maximum absolute atomic E-state index is 12.7. The van der Waals surface area contributed by atoms with Gasteiger partial charge < -0.3 is 15.1 Å². The molecule has 2 fully saturated rings. The van der Waals surface area contributed by atoms with E-state index in [1.54, 1.807) is 29.2 Å². The van der Waals surface area contributed by atoms with E-state index < -0.39 is 10.0 Å². The van der Waals surface area contributed by atoms with Gasteiger partial charge in [-0.05, 0) is 19.1 Å². The maximum Gasteiger partial charge on any atom is 0.320 e. The van der Waals surface area contributed by atoms with Crippen LogP contribution in [0.3, 0.4) is 0 Å². The summed E-state index contributed by atoms with van der Waals surface area (Å²) in [5.74, 6) is 0. The van der Waals surface area contributed by atoms with Crippen LogP contribution >= 0.6 is 0 Å². The lowest BCUT2D eigenvalue weighted by Gasteiger charge is -2.38. The van der Waals surface area contributed by atoms with Crippen LogP contribution in [0, 0.1) is 6.92 Å². The van der Waals surface area contributed by atoms with E-state index in [0.717, 1.165) is 18.7 Å². The molecule has 0 unspecified atom stereocenters. The van der Waals surface area contributed by atoms with Gasteiger partial charge in [-0.3, -0.25) is 0 Å². The highest BCUT2D eigenvalue weighted by atomic mass is 32.2. The topological polar surface area (TPSA) is 73.0 Å². The second kappa shape index (κ2) is 7.08. The molecule has 3 rings (SSSR count). The summed E-state index contributed by atoms with van der Waals surface area (Å²) in [6.07, 6.45) is 0. The lowest BCUT2D eigenvalue weighted by molar-refractivity contribution is 0.129. The number of carbonyl (C=O) groups is 1. The van der Waals surface area contributed by atoms with E-state index in [9.17, 15) is 13.2 Å². The molecule has 132 valence electrons. The third-order valence-electron chi connectivity index (χ3n) is 4.56. The van der Waals surface area contributed by atoms with E-state index in [2.05, 4.69) is 5.32 Å². The Morgan fingerprint density at radius 3 is 2.04 bits per heavy atom. The van der Waals surface area contributed by atoms with Gasteiger partial charge in [0.05, 0.1) is 4.90 Å². The number of amides is 2. The molecule has 2 saturated heterocycles. The SMILES string of the molecule is Cc1ccc(S(=O)(=O)N2CCN(C(=O)N3CCNCC3)CC2)cc1. The number of piperazine rings is 2. The molecule has 0 saturated carbocycles. The highest BCUT2D eigenvalue weighted by Gasteiger charge is 2.31. The molecule has 1 N–H and O–H groups in total. The van der Waals surface area contributed by atoms with Crippen LogP contribution < -0.4 is 5.32 Å². The van der Waals surface area contributed by atoms with Gasteiger partial charge in [0.2, 0.25) is 10.0 Å². The van der Waals surface area contributed by atoms with Crippen molar-refractivity contribution < 1.29 is 13.2 Å². The Hall–Kier alpha value is -1.64. The van der Waals surface area contributed by atoms with Gasteiger partial charge >= 0.3 is 6.03 Å². The first-order valence-corrected chi connectivity index (χ1v) is 9.74. The van der Waals surface area contributed by atoms with E-state index in [4.69, 9.17) is 0 Å². The van der Waals surface area contributed by atoms with E-state index in [1.807, 2.05) is 11.8 Å². The van der Waals surface area contributed by atoms with Crippen LogP contribution in [0.2, 0.25) is 0 Å². The zero-order valence-electron chi connectivity index (χ0n) is 13.9. The summed E-state index contributed by atoms with van der Waals surface area (Å²) in [5, 5.41) is 3.22. The summed E-state index contributed by atoms with van der Waals surface area (Å²) in [4.78, 5) is 16.4. The summed E-state index contributed by atoms with van der Waals surface area (Å²) in [5.41, 5.74) is 1.03. The van der Waals surface area contributed by atoms with Crippen LogP contribution in [0.4, 0.5) is 4.79 Å². The Balaban J connectivity index is 1.62. The molecular weight excluding hydrogens is 328 g/mol. The van der Waals surface area contributed by atoms with Crippen LogP contribution in [0.15, 0.2) is 29.2 Å². The van der Waals surface area contributed by atoms with Gasteiger partial charge in [0.25, 0.3) is 0 Å². The molecule has 0 bridgehead atoms. The monoisotopic (exact) mass is 352 g/mol. The Morgan fingerprint density at radius 1 is 0.917 bits per heavy atom. The average molecular weight is 352 g/mol. The number of nitrogens with one attached hydrogen (secondary N) is 1. The number of nitrogens with zero attached hydrogens (tertiary/aromatic N) is 3. The molecular formula is C16H24N4O3S. The van der Waals surface area contributed by atoms with E-state index in [0.29, 0.717) is 44.2 Å². The molecule has 0 spiro atoms. The predicted octanol–water partition coefficient (Wildman–Crippen LogP) is 0.327. The zero-order chi connectivity index (χ0) is 17.2. The summed E-state index contributed by atoms with van der Waals surface area (Å²) in [6.45, 7) is 6.53. The largest absolute Gasteiger partial charge is 0.322 e. The van der Waals surface area contributed by atoms with Crippen molar-refractivity contribution in [2.75, 3.05) is 52.4 Å². The molecule has 8 heteroatoms. The molecule has 2 heterocycles. The zero-order valence-corrected chi connectivity index (χ0v) is 14.8. The molecule has 0 aliphatic carbocycles. The fraction of sp³-hybridized carbons (Fsp3) is 0.562. The Bertz CT molecular complexity index is 676.